The highest BCUT2D eigenvalue weighted by Crippen LogP contribution is 2.47. The minimum atomic E-state index is -0.495. The molecule has 0 amide bonds. The standard InChI is InChI=1S/C21H26N4O4/c1-13(20(27)29-4)25-15-10-11-16(25)24(12-14-8-6-5-7-9-14)18-17(15)19(26)23(3)21(28)22(18)2/h5-9,13,15-16H,10-12H2,1-4H3/t13?,15-,16+/m0/s1. The van der Waals surface area contributed by atoms with Crippen LogP contribution < -0.4 is 16.1 Å². The lowest BCUT2D eigenvalue weighted by Gasteiger charge is -2.46. The van der Waals surface area contributed by atoms with Crippen LogP contribution >= 0.6 is 0 Å². The second-order valence-corrected chi connectivity index (χ2v) is 7.78. The monoisotopic (exact) mass is 398 g/mol. The van der Waals surface area contributed by atoms with Gasteiger partial charge in [-0.2, -0.15) is 0 Å². The number of carbonyl (C=O) groups is 1. The van der Waals surface area contributed by atoms with Gasteiger partial charge < -0.3 is 9.64 Å². The molecule has 8 heteroatoms. The van der Waals surface area contributed by atoms with Crippen molar-refractivity contribution < 1.29 is 9.53 Å². The maximum Gasteiger partial charge on any atom is 0.332 e. The highest BCUT2D eigenvalue weighted by atomic mass is 16.5. The van der Waals surface area contributed by atoms with Gasteiger partial charge in [0.15, 0.2) is 0 Å². The first-order valence-corrected chi connectivity index (χ1v) is 9.82. The summed E-state index contributed by atoms with van der Waals surface area (Å²) in [6.45, 7) is 2.35. The van der Waals surface area contributed by atoms with E-state index in [0.717, 1.165) is 23.0 Å². The van der Waals surface area contributed by atoms with Gasteiger partial charge in [0.05, 0.1) is 18.8 Å². The van der Waals surface area contributed by atoms with Crippen molar-refractivity contribution in [2.24, 2.45) is 14.1 Å². The van der Waals surface area contributed by atoms with Crippen LogP contribution in [0.25, 0.3) is 0 Å². The predicted octanol–water partition coefficient (Wildman–Crippen LogP) is 1.13. The van der Waals surface area contributed by atoms with Crippen molar-refractivity contribution in [1.29, 1.82) is 0 Å². The smallest absolute Gasteiger partial charge is 0.332 e. The largest absolute Gasteiger partial charge is 0.468 e. The summed E-state index contributed by atoms with van der Waals surface area (Å²) < 4.78 is 7.70. The second-order valence-electron chi connectivity index (χ2n) is 7.78. The lowest BCUT2D eigenvalue weighted by atomic mass is 10.0. The van der Waals surface area contributed by atoms with Crippen LogP contribution in [0.3, 0.4) is 0 Å². The molecule has 3 atom stereocenters. The number of nitrogens with zero attached hydrogens (tertiary/aromatic N) is 4. The van der Waals surface area contributed by atoms with Crippen molar-refractivity contribution >= 4 is 11.8 Å². The Morgan fingerprint density at radius 2 is 1.83 bits per heavy atom. The number of fused-ring (bicyclic) bond motifs is 4. The highest BCUT2D eigenvalue weighted by molar-refractivity contribution is 5.75. The Hall–Kier alpha value is -2.87. The molecule has 0 N–H and O–H groups in total. The molecule has 29 heavy (non-hydrogen) atoms. The van der Waals surface area contributed by atoms with Crippen LogP contribution in [0.4, 0.5) is 5.82 Å². The summed E-state index contributed by atoms with van der Waals surface area (Å²) in [7, 11) is 4.59. The first-order chi connectivity index (χ1) is 13.9. The van der Waals surface area contributed by atoms with Gasteiger partial charge >= 0.3 is 11.7 Å². The number of rotatable bonds is 4. The quantitative estimate of drug-likeness (QED) is 0.719. The van der Waals surface area contributed by atoms with E-state index in [-0.39, 0.29) is 29.4 Å². The van der Waals surface area contributed by atoms with Crippen LogP contribution in [0.5, 0.6) is 0 Å². The summed E-state index contributed by atoms with van der Waals surface area (Å²) in [5.41, 5.74) is 1.01. The summed E-state index contributed by atoms with van der Waals surface area (Å²) in [6, 6.07) is 9.22. The van der Waals surface area contributed by atoms with Crippen LogP contribution in [0.15, 0.2) is 39.9 Å². The molecule has 1 aromatic heterocycles. The Balaban J connectivity index is 1.92. The second kappa shape index (κ2) is 7.18. The van der Waals surface area contributed by atoms with E-state index in [9.17, 15) is 14.4 Å². The van der Waals surface area contributed by atoms with Crippen LogP contribution in [0, 0.1) is 0 Å². The predicted molar refractivity (Wildman–Crippen MR) is 109 cm³/mol. The van der Waals surface area contributed by atoms with Gasteiger partial charge in [0.25, 0.3) is 5.56 Å². The van der Waals surface area contributed by atoms with Crippen LogP contribution in [-0.4, -0.2) is 39.3 Å². The van der Waals surface area contributed by atoms with E-state index >= 15 is 0 Å². The fourth-order valence-corrected chi connectivity index (χ4v) is 4.84. The maximum atomic E-state index is 13.2. The number of hydrogen-bond acceptors (Lipinski definition) is 6. The number of ether oxygens (including phenoxy) is 1. The molecule has 1 unspecified atom stereocenters. The topological polar surface area (TPSA) is 76.8 Å². The third-order valence-corrected chi connectivity index (χ3v) is 6.22. The molecule has 2 aliphatic heterocycles. The molecule has 0 saturated carbocycles. The summed E-state index contributed by atoms with van der Waals surface area (Å²) in [5.74, 6) is 0.328. The molecule has 1 saturated heterocycles. The summed E-state index contributed by atoms with van der Waals surface area (Å²) in [6.07, 6.45) is 1.45. The lowest BCUT2D eigenvalue weighted by molar-refractivity contribution is -0.147. The highest BCUT2D eigenvalue weighted by Gasteiger charge is 2.50. The van der Waals surface area contributed by atoms with Gasteiger partial charge in [-0.25, -0.2) is 4.79 Å². The number of aromatic nitrogens is 2. The molecule has 1 fully saturated rings. The molecule has 2 bridgehead atoms. The molecule has 154 valence electrons. The van der Waals surface area contributed by atoms with Crippen molar-refractivity contribution in [2.75, 3.05) is 12.0 Å². The Kier molecular flexibility index (Phi) is 4.82. The average Bonchev–Trinajstić information content (AvgIpc) is 3.10. The van der Waals surface area contributed by atoms with Crippen molar-refractivity contribution in [1.82, 2.24) is 14.0 Å². The van der Waals surface area contributed by atoms with E-state index in [2.05, 4.69) is 9.80 Å². The molecule has 8 nitrogen and oxygen atoms in total. The minimum Gasteiger partial charge on any atom is -0.468 e. The number of hydrogen-bond donors (Lipinski definition) is 0. The van der Waals surface area contributed by atoms with E-state index < -0.39 is 6.04 Å². The minimum absolute atomic E-state index is 0.0977. The fraction of sp³-hybridized carbons (Fsp3) is 0.476. The molecule has 4 rings (SSSR count). The Morgan fingerprint density at radius 3 is 2.48 bits per heavy atom. The molecule has 2 aliphatic rings. The first-order valence-electron chi connectivity index (χ1n) is 9.82. The molecule has 0 aliphatic carbocycles. The number of methoxy groups -OCH3 is 1. The Labute approximate surface area is 168 Å². The van der Waals surface area contributed by atoms with Gasteiger partial charge in [-0.05, 0) is 25.3 Å². The Bertz CT molecular complexity index is 1060. The third-order valence-electron chi connectivity index (χ3n) is 6.22. The van der Waals surface area contributed by atoms with Gasteiger partial charge in [-0.3, -0.25) is 23.6 Å². The van der Waals surface area contributed by atoms with Gasteiger partial charge in [0.2, 0.25) is 0 Å². The molecule has 2 aromatic rings. The summed E-state index contributed by atoms with van der Waals surface area (Å²) in [5, 5.41) is 0. The SMILES string of the molecule is COC(=O)C(C)N1[C@@H]2CC[C@H]1c1c(n(C)c(=O)n(C)c1=O)N2Cc1ccccc1. The van der Waals surface area contributed by atoms with Crippen molar-refractivity contribution in [2.45, 2.75) is 44.6 Å². The van der Waals surface area contributed by atoms with E-state index in [1.54, 1.807) is 11.6 Å². The zero-order valence-corrected chi connectivity index (χ0v) is 17.2. The molecule has 3 heterocycles. The normalized spacial score (nSPS) is 21.7. The van der Waals surface area contributed by atoms with Crippen LogP contribution in [-0.2, 0) is 30.2 Å². The number of carbonyl (C=O) groups excluding carboxylic acids is 1. The van der Waals surface area contributed by atoms with Gasteiger partial charge in [0.1, 0.15) is 11.9 Å². The summed E-state index contributed by atoms with van der Waals surface area (Å²) >= 11 is 0. The summed E-state index contributed by atoms with van der Waals surface area (Å²) in [4.78, 5) is 42.4. The van der Waals surface area contributed by atoms with Gasteiger partial charge in [-0.1, -0.05) is 30.3 Å². The zero-order chi connectivity index (χ0) is 20.9. The zero-order valence-electron chi connectivity index (χ0n) is 17.2. The lowest BCUT2D eigenvalue weighted by Crippen LogP contribution is -2.58. The van der Waals surface area contributed by atoms with E-state index in [1.165, 1.54) is 14.2 Å². The first kappa shape index (κ1) is 19.4. The maximum absolute atomic E-state index is 13.2. The molecular weight excluding hydrogens is 372 g/mol. The molecular formula is C21H26N4O4. The van der Waals surface area contributed by atoms with Crippen molar-refractivity contribution in [3.8, 4) is 0 Å². The molecule has 1 aromatic carbocycles. The van der Waals surface area contributed by atoms with Crippen LogP contribution in [0.1, 0.15) is 36.9 Å². The third kappa shape index (κ3) is 2.90. The fourth-order valence-electron chi connectivity index (χ4n) is 4.84. The van der Waals surface area contributed by atoms with E-state index in [0.29, 0.717) is 17.9 Å². The Morgan fingerprint density at radius 1 is 1.14 bits per heavy atom. The van der Waals surface area contributed by atoms with Crippen molar-refractivity contribution in [3.63, 3.8) is 0 Å². The van der Waals surface area contributed by atoms with Crippen molar-refractivity contribution in [3.05, 3.63) is 62.3 Å². The average molecular weight is 398 g/mol. The molecule has 0 spiro atoms. The van der Waals surface area contributed by atoms with E-state index in [1.807, 2.05) is 37.3 Å². The van der Waals surface area contributed by atoms with E-state index in [4.69, 9.17) is 4.74 Å². The molecule has 0 radical (unpaired) electrons. The number of esters is 1. The number of anilines is 1. The van der Waals surface area contributed by atoms with Gasteiger partial charge in [0, 0.05) is 26.7 Å². The van der Waals surface area contributed by atoms with Gasteiger partial charge in [-0.15, -0.1) is 0 Å². The number of benzene rings is 1. The van der Waals surface area contributed by atoms with Crippen LogP contribution in [0.2, 0.25) is 0 Å².